The summed E-state index contributed by atoms with van der Waals surface area (Å²) in [6.07, 6.45) is 3.52. The molecule has 0 aromatic carbocycles. The maximum Gasteiger partial charge on any atom is 2.00 e. The molecule has 4 heterocycles. The Kier molecular flexibility index (Phi) is 6.18. The van der Waals surface area contributed by atoms with Crippen LogP contribution >= 0.6 is 0 Å². The summed E-state index contributed by atoms with van der Waals surface area (Å²) in [5.74, 6) is -15.3. The van der Waals surface area contributed by atoms with Gasteiger partial charge in [-0.3, -0.25) is 18.7 Å². The van der Waals surface area contributed by atoms with E-state index in [2.05, 4.69) is 19.9 Å². The van der Waals surface area contributed by atoms with Crippen molar-refractivity contribution in [2.45, 2.75) is 5.92 Å². The van der Waals surface area contributed by atoms with Gasteiger partial charge in [0.05, 0.1) is 11.6 Å². The fraction of sp³-hybridized carbons (Fsp3) is 0.0588. The predicted molar refractivity (Wildman–Crippen MR) is 83.1 cm³/mol. The minimum absolute atomic E-state index is 0. The fourth-order valence-corrected chi connectivity index (χ4v) is 2.51. The molecule has 4 aromatic rings. The maximum absolute atomic E-state index is 15.0. The molecule has 6 nitrogen and oxygen atoms in total. The summed E-state index contributed by atoms with van der Waals surface area (Å²) in [6, 6.07) is 1.46. The third-order valence-electron chi connectivity index (χ3n) is 3.88. The Morgan fingerprint density at radius 2 is 1.03 bits per heavy atom. The van der Waals surface area contributed by atoms with E-state index in [1.54, 1.807) is 12.7 Å². The van der Waals surface area contributed by atoms with Crippen LogP contribution in [0.2, 0.25) is 0 Å². The number of rotatable bonds is 4. The molecule has 0 atom stereocenters. The van der Waals surface area contributed by atoms with Gasteiger partial charge in [-0.15, -0.1) is 0 Å². The summed E-state index contributed by atoms with van der Waals surface area (Å²) < 4.78 is 112. The van der Waals surface area contributed by atoms with Gasteiger partial charge in [0.1, 0.15) is 46.8 Å². The van der Waals surface area contributed by atoms with Crippen LogP contribution in [0.4, 0.5) is 35.1 Å². The number of nitrogens with zero attached hydrogens (tertiary/aromatic N) is 6. The standard InChI is InChI=1S/C17H4F8N6.Pt/c18-7-1-9(28-11(3-7)30-5-26-13(20)15(30)22)17(24,25)10-2-8(19)4-12(29-10)31-6-27-14(21)16(31)23;/h1-4H;/q-2;+2. The van der Waals surface area contributed by atoms with Gasteiger partial charge in [0.15, 0.2) is 0 Å². The Bertz CT molecular complexity index is 1210. The van der Waals surface area contributed by atoms with E-state index in [-0.39, 0.29) is 42.3 Å². The van der Waals surface area contributed by atoms with Crippen molar-refractivity contribution in [1.82, 2.24) is 29.1 Å². The van der Waals surface area contributed by atoms with Gasteiger partial charge in [0.25, 0.3) is 0 Å². The van der Waals surface area contributed by atoms with Crippen molar-refractivity contribution >= 4 is 0 Å². The molecule has 0 saturated heterocycles. The fourth-order valence-electron chi connectivity index (χ4n) is 2.51. The van der Waals surface area contributed by atoms with E-state index < -0.39 is 64.4 Å². The molecule has 0 fully saturated rings. The van der Waals surface area contributed by atoms with E-state index in [4.69, 9.17) is 0 Å². The van der Waals surface area contributed by atoms with Crippen molar-refractivity contribution in [3.63, 3.8) is 0 Å². The van der Waals surface area contributed by atoms with E-state index in [1.165, 1.54) is 0 Å². The first-order valence-electron chi connectivity index (χ1n) is 7.95. The van der Waals surface area contributed by atoms with Gasteiger partial charge < -0.3 is 19.1 Å². The van der Waals surface area contributed by atoms with E-state index in [1.807, 2.05) is 0 Å². The Morgan fingerprint density at radius 1 is 0.656 bits per heavy atom. The van der Waals surface area contributed by atoms with Crippen molar-refractivity contribution in [2.75, 3.05) is 0 Å². The average Bonchev–Trinajstić information content (AvgIpc) is 3.22. The van der Waals surface area contributed by atoms with E-state index >= 15 is 0 Å². The van der Waals surface area contributed by atoms with Crippen LogP contribution in [0.1, 0.15) is 11.4 Å². The average molecular weight is 639 g/mol. The molecule has 0 bridgehead atoms. The number of alkyl halides is 2. The molecule has 0 radical (unpaired) electrons. The molecule has 0 spiro atoms. The molecule has 168 valence electrons. The van der Waals surface area contributed by atoms with Gasteiger partial charge in [-0.25, -0.2) is 17.6 Å². The summed E-state index contributed by atoms with van der Waals surface area (Å²) in [6.45, 7) is 0. The maximum atomic E-state index is 15.0. The van der Waals surface area contributed by atoms with Crippen molar-refractivity contribution in [3.05, 3.63) is 83.7 Å². The van der Waals surface area contributed by atoms with Gasteiger partial charge in [-0.2, -0.15) is 8.78 Å². The van der Waals surface area contributed by atoms with Crippen molar-refractivity contribution in [1.29, 1.82) is 0 Å². The quantitative estimate of drug-likeness (QED) is 0.254. The van der Waals surface area contributed by atoms with Crippen LogP contribution in [-0.4, -0.2) is 29.1 Å². The van der Waals surface area contributed by atoms with E-state index in [0.29, 0.717) is 12.1 Å². The summed E-state index contributed by atoms with van der Waals surface area (Å²) in [5.41, 5.74) is -2.76. The first-order valence-corrected chi connectivity index (χ1v) is 7.95. The molecular formula is C17H4F8N6Pt. The van der Waals surface area contributed by atoms with Gasteiger partial charge >= 0.3 is 27.0 Å². The number of aromatic nitrogens is 6. The smallest absolute Gasteiger partial charge is 0.386 e. The number of hydrogen-bond acceptors (Lipinski definition) is 4. The first kappa shape index (κ1) is 23.5. The molecule has 0 aliphatic heterocycles. The number of pyridine rings is 2. The topological polar surface area (TPSA) is 61.4 Å². The second-order valence-corrected chi connectivity index (χ2v) is 5.89. The summed E-state index contributed by atoms with van der Waals surface area (Å²) >= 11 is 0. The van der Waals surface area contributed by atoms with Crippen LogP contribution in [0.3, 0.4) is 0 Å². The Hall–Kier alpha value is -3.15. The van der Waals surface area contributed by atoms with Crippen LogP contribution in [-0.2, 0) is 27.0 Å². The van der Waals surface area contributed by atoms with Gasteiger partial charge in [0.2, 0.25) is 0 Å². The first-order chi connectivity index (χ1) is 14.6. The summed E-state index contributed by atoms with van der Waals surface area (Å²) in [4.78, 5) is 12.4. The predicted octanol–water partition coefficient (Wildman–Crippen LogP) is 3.42. The molecule has 32 heavy (non-hydrogen) atoms. The third kappa shape index (κ3) is 4.01. The molecule has 0 amide bonds. The number of imidazole rings is 2. The normalized spacial score (nSPS) is 11.5. The molecule has 15 heteroatoms. The van der Waals surface area contributed by atoms with Gasteiger partial charge in [0, 0.05) is 24.8 Å². The van der Waals surface area contributed by atoms with Crippen molar-refractivity contribution < 1.29 is 56.2 Å². The molecular weight excluding hydrogens is 635 g/mol. The van der Waals surface area contributed by atoms with Crippen LogP contribution in [0.25, 0.3) is 11.6 Å². The second kappa shape index (κ2) is 8.41. The molecule has 4 rings (SSSR count). The zero-order valence-corrected chi connectivity index (χ0v) is 17.1. The van der Waals surface area contributed by atoms with Crippen LogP contribution in [0.15, 0.2) is 24.3 Å². The van der Waals surface area contributed by atoms with E-state index in [0.717, 1.165) is 0 Å². The minimum atomic E-state index is -4.32. The van der Waals surface area contributed by atoms with Crippen LogP contribution < -0.4 is 0 Å². The SMILES string of the molecule is Fc1cc(-n2[c-]nc(F)c2F)nc(C(F)(F)c2cc(F)cc(-n3[c-]nc(F)c3F)n2)c1.[Pt+2]. The monoisotopic (exact) mass is 639 g/mol. The minimum Gasteiger partial charge on any atom is -0.386 e. The Morgan fingerprint density at radius 3 is 1.34 bits per heavy atom. The van der Waals surface area contributed by atoms with Crippen molar-refractivity contribution in [3.8, 4) is 11.6 Å². The second-order valence-electron chi connectivity index (χ2n) is 5.89. The van der Waals surface area contributed by atoms with Crippen LogP contribution in [0, 0.1) is 48.1 Å². The Labute approximate surface area is 186 Å². The summed E-state index contributed by atoms with van der Waals surface area (Å²) in [5, 5.41) is 0. The molecule has 0 N–H and O–H groups in total. The molecule has 0 aliphatic rings. The molecule has 0 aliphatic carbocycles. The van der Waals surface area contributed by atoms with Gasteiger partial charge in [-0.05, 0) is 12.1 Å². The molecule has 4 aromatic heterocycles. The summed E-state index contributed by atoms with van der Waals surface area (Å²) in [7, 11) is 0. The number of halogens is 8. The zero-order chi connectivity index (χ0) is 22.5. The van der Waals surface area contributed by atoms with Gasteiger partial charge in [-0.1, -0.05) is 0 Å². The largest absolute Gasteiger partial charge is 2.00 e. The van der Waals surface area contributed by atoms with Crippen LogP contribution in [0.5, 0.6) is 0 Å². The number of hydrogen-bond donors (Lipinski definition) is 0. The third-order valence-corrected chi connectivity index (χ3v) is 3.88. The zero-order valence-electron chi connectivity index (χ0n) is 14.8. The van der Waals surface area contributed by atoms with E-state index in [9.17, 15) is 35.1 Å². The molecule has 0 unspecified atom stereocenters. The molecule has 0 saturated carbocycles. The van der Waals surface area contributed by atoms with Crippen molar-refractivity contribution in [2.24, 2.45) is 0 Å². The Balaban J connectivity index is 0.00000289.